The molecule has 0 bridgehead atoms. The van der Waals surface area contributed by atoms with Crippen molar-refractivity contribution in [3.63, 3.8) is 0 Å². The summed E-state index contributed by atoms with van der Waals surface area (Å²) in [5.74, 6) is 2.73. The summed E-state index contributed by atoms with van der Waals surface area (Å²) in [6.07, 6.45) is 10.0. The van der Waals surface area contributed by atoms with Crippen LogP contribution in [0.25, 0.3) is 0 Å². The summed E-state index contributed by atoms with van der Waals surface area (Å²) in [5.41, 5.74) is 3.93. The summed E-state index contributed by atoms with van der Waals surface area (Å²) < 4.78 is 9.44. The van der Waals surface area contributed by atoms with Gasteiger partial charge >= 0.3 is 5.97 Å². The molecule has 9 heteroatoms. The minimum absolute atomic E-state index is 0.0373. The van der Waals surface area contributed by atoms with Crippen molar-refractivity contribution >= 4 is 11.7 Å². The Labute approximate surface area is 232 Å². The number of imidazole rings is 1. The first kappa shape index (κ1) is 27.4. The lowest BCUT2D eigenvalue weighted by Crippen LogP contribution is -2.47. The van der Waals surface area contributed by atoms with Crippen molar-refractivity contribution in [2.24, 2.45) is 18.9 Å². The van der Waals surface area contributed by atoms with Gasteiger partial charge in [-0.2, -0.15) is 0 Å². The lowest BCUT2D eigenvalue weighted by molar-refractivity contribution is -0.141. The summed E-state index contributed by atoms with van der Waals surface area (Å²) >= 11 is 0. The zero-order chi connectivity index (χ0) is 27.2. The number of benzene rings is 1. The van der Waals surface area contributed by atoms with E-state index >= 15 is 0 Å². The van der Waals surface area contributed by atoms with Crippen molar-refractivity contribution in [1.29, 1.82) is 0 Å². The first-order valence-corrected chi connectivity index (χ1v) is 14.6. The number of aryl methyl sites for hydroxylation is 3. The van der Waals surface area contributed by atoms with E-state index in [4.69, 9.17) is 4.74 Å². The smallest absolute Gasteiger partial charge is 0.309 e. The van der Waals surface area contributed by atoms with Gasteiger partial charge in [0.25, 0.3) is 0 Å². The summed E-state index contributed by atoms with van der Waals surface area (Å²) in [7, 11) is 1.97. The molecule has 5 heterocycles. The third-order valence-electron chi connectivity index (χ3n) is 8.56. The topological polar surface area (TPSA) is 81.3 Å². The van der Waals surface area contributed by atoms with Crippen LogP contribution in [-0.4, -0.2) is 74.5 Å². The van der Waals surface area contributed by atoms with E-state index in [1.54, 1.807) is 6.33 Å². The molecule has 9 nitrogen and oxygen atoms in total. The zero-order valence-electron chi connectivity index (χ0n) is 23.8. The van der Waals surface area contributed by atoms with Crippen molar-refractivity contribution in [2.45, 2.75) is 58.9 Å². The van der Waals surface area contributed by atoms with Gasteiger partial charge in [-0.25, -0.2) is 4.98 Å². The molecule has 0 saturated carbocycles. The number of aromatic nitrogens is 5. The highest BCUT2D eigenvalue weighted by molar-refractivity contribution is 5.74. The molecule has 0 aliphatic carbocycles. The van der Waals surface area contributed by atoms with E-state index in [1.807, 2.05) is 24.7 Å². The van der Waals surface area contributed by atoms with Crippen molar-refractivity contribution in [3.8, 4) is 0 Å². The Balaban J connectivity index is 0.000000177. The lowest BCUT2D eigenvalue weighted by atomic mass is 9.89. The predicted octanol–water partition coefficient (Wildman–Crippen LogP) is 3.45. The second-order valence-electron chi connectivity index (χ2n) is 11.1. The highest BCUT2D eigenvalue weighted by Crippen LogP contribution is 2.28. The molecule has 210 valence electrons. The average Bonchev–Trinajstić information content (AvgIpc) is 3.67. The van der Waals surface area contributed by atoms with Crippen molar-refractivity contribution in [1.82, 2.24) is 29.2 Å². The monoisotopic (exact) mass is 533 g/mol. The Morgan fingerprint density at radius 3 is 2.62 bits per heavy atom. The largest absolute Gasteiger partial charge is 0.465 e. The summed E-state index contributed by atoms with van der Waals surface area (Å²) in [5, 5.41) is 8.80. The molecule has 3 aliphatic heterocycles. The second kappa shape index (κ2) is 12.8. The normalized spacial score (nSPS) is 21.3. The van der Waals surface area contributed by atoms with Gasteiger partial charge in [-0.15, -0.1) is 10.2 Å². The maximum atomic E-state index is 11.4. The van der Waals surface area contributed by atoms with Crippen LogP contribution in [0.2, 0.25) is 0 Å². The quantitative estimate of drug-likeness (QED) is 0.430. The molecule has 2 fully saturated rings. The third kappa shape index (κ3) is 6.52. The fraction of sp³-hybridized carbons (Fsp3) is 0.600. The fourth-order valence-corrected chi connectivity index (χ4v) is 6.10. The minimum Gasteiger partial charge on any atom is -0.465 e. The first-order chi connectivity index (χ1) is 19.0. The van der Waals surface area contributed by atoms with E-state index in [0.29, 0.717) is 12.5 Å². The SMILES string of the molecule is CC[C@@H]1C(=O)OC[C@@H]1Cc1cncn1C.Cc1ccccc1N1CCN(CCc2nnc3n2CCCC3)CC1. The van der Waals surface area contributed by atoms with Crippen LogP contribution in [0.4, 0.5) is 5.69 Å². The number of hydrogen-bond acceptors (Lipinski definition) is 7. The third-order valence-corrected chi connectivity index (χ3v) is 8.56. The Hall–Kier alpha value is -3.20. The number of nitrogens with zero attached hydrogens (tertiary/aromatic N) is 7. The predicted molar refractivity (Wildman–Crippen MR) is 152 cm³/mol. The maximum absolute atomic E-state index is 11.4. The highest BCUT2D eigenvalue weighted by atomic mass is 16.5. The van der Waals surface area contributed by atoms with Crippen molar-refractivity contribution < 1.29 is 9.53 Å². The highest BCUT2D eigenvalue weighted by Gasteiger charge is 2.35. The molecular formula is C30H43N7O2. The van der Waals surface area contributed by atoms with Crippen LogP contribution < -0.4 is 4.90 Å². The van der Waals surface area contributed by atoms with Gasteiger partial charge < -0.3 is 18.8 Å². The number of anilines is 1. The molecule has 3 aromatic rings. The number of hydrogen-bond donors (Lipinski definition) is 0. The number of piperazine rings is 1. The number of rotatable bonds is 7. The Morgan fingerprint density at radius 1 is 1.05 bits per heavy atom. The van der Waals surface area contributed by atoms with Crippen LogP contribution in [0, 0.1) is 18.8 Å². The van der Waals surface area contributed by atoms with E-state index < -0.39 is 0 Å². The fourth-order valence-electron chi connectivity index (χ4n) is 6.10. The van der Waals surface area contributed by atoms with Crippen molar-refractivity contribution in [3.05, 3.63) is 59.7 Å². The van der Waals surface area contributed by atoms with Gasteiger partial charge in [-0.1, -0.05) is 25.1 Å². The average molecular weight is 534 g/mol. The molecule has 2 atom stereocenters. The van der Waals surface area contributed by atoms with Crippen LogP contribution in [0.1, 0.15) is 49.1 Å². The van der Waals surface area contributed by atoms with E-state index in [-0.39, 0.29) is 11.9 Å². The molecule has 0 N–H and O–H groups in total. The molecule has 0 radical (unpaired) electrons. The van der Waals surface area contributed by atoms with Gasteiger partial charge in [0, 0.05) is 82.7 Å². The van der Waals surface area contributed by atoms with Crippen LogP contribution in [0.3, 0.4) is 0 Å². The number of para-hydroxylation sites is 1. The summed E-state index contributed by atoms with van der Waals surface area (Å²) in [4.78, 5) is 20.5. The van der Waals surface area contributed by atoms with Gasteiger partial charge in [0.05, 0.1) is 18.9 Å². The van der Waals surface area contributed by atoms with Gasteiger partial charge in [0.2, 0.25) is 0 Å². The van der Waals surface area contributed by atoms with Crippen LogP contribution >= 0.6 is 0 Å². The molecule has 2 saturated heterocycles. The number of cyclic esters (lactones) is 1. The molecule has 1 aromatic carbocycles. The van der Waals surface area contributed by atoms with E-state index in [0.717, 1.165) is 70.6 Å². The van der Waals surface area contributed by atoms with Crippen LogP contribution in [0.15, 0.2) is 36.8 Å². The lowest BCUT2D eigenvalue weighted by Gasteiger charge is -2.36. The molecular weight excluding hydrogens is 490 g/mol. The van der Waals surface area contributed by atoms with Crippen LogP contribution in [0.5, 0.6) is 0 Å². The molecule has 6 rings (SSSR count). The Kier molecular flexibility index (Phi) is 8.96. The van der Waals surface area contributed by atoms with E-state index in [1.165, 1.54) is 35.7 Å². The van der Waals surface area contributed by atoms with Gasteiger partial charge in [0.1, 0.15) is 11.6 Å². The maximum Gasteiger partial charge on any atom is 0.309 e. The van der Waals surface area contributed by atoms with Crippen LogP contribution in [-0.2, 0) is 42.4 Å². The summed E-state index contributed by atoms with van der Waals surface area (Å²) in [6, 6.07) is 8.71. The number of ether oxygens (including phenoxy) is 1. The number of fused-ring (bicyclic) bond motifs is 1. The summed E-state index contributed by atoms with van der Waals surface area (Å²) in [6.45, 7) is 11.5. The number of esters is 1. The minimum atomic E-state index is -0.0373. The standard InChI is InChI=1S/C19H27N5.C11H16N2O2/c1-16-6-2-3-7-17(16)23-14-12-22(13-15-23)11-9-19-21-20-18-8-4-5-10-24(18)19;1-3-10-8(6-15-11(10)14)4-9-5-12-7-13(9)2/h2-3,6-7H,4-5,8-15H2,1H3;5,7-8,10H,3-4,6H2,1-2H3/t;8-,10-/m.0/s1. The van der Waals surface area contributed by atoms with Crippen molar-refractivity contribution in [2.75, 3.05) is 44.2 Å². The van der Waals surface area contributed by atoms with Gasteiger partial charge in [-0.05, 0) is 44.2 Å². The number of carbonyl (C=O) groups is 1. The van der Waals surface area contributed by atoms with Gasteiger partial charge in [-0.3, -0.25) is 9.69 Å². The zero-order valence-corrected chi connectivity index (χ0v) is 23.8. The molecule has 0 spiro atoms. The number of carbonyl (C=O) groups excluding carboxylic acids is 1. The molecule has 39 heavy (non-hydrogen) atoms. The molecule has 0 amide bonds. The Bertz CT molecular complexity index is 1230. The molecule has 2 aromatic heterocycles. The molecule has 0 unspecified atom stereocenters. The Morgan fingerprint density at radius 2 is 1.87 bits per heavy atom. The second-order valence-corrected chi connectivity index (χ2v) is 11.1. The van der Waals surface area contributed by atoms with Gasteiger partial charge in [0.15, 0.2) is 0 Å². The first-order valence-electron chi connectivity index (χ1n) is 14.6. The molecule has 3 aliphatic rings. The van der Waals surface area contributed by atoms with E-state index in [9.17, 15) is 4.79 Å². The van der Waals surface area contributed by atoms with E-state index in [2.05, 4.69) is 60.7 Å².